The van der Waals surface area contributed by atoms with Gasteiger partial charge in [-0.1, -0.05) is 43.7 Å². The maximum atomic E-state index is 11.6. The maximum absolute atomic E-state index is 11.6. The number of carboxylic acid groups (broad SMARTS) is 1. The van der Waals surface area contributed by atoms with E-state index in [2.05, 4.69) is 17.0 Å². The van der Waals surface area contributed by atoms with Crippen LogP contribution in [0, 0.1) is 0 Å². The average molecular weight is 295 g/mol. The number of unbranched alkanes of at least 4 members (excludes halogenated alkanes) is 1. The van der Waals surface area contributed by atoms with Crippen molar-refractivity contribution in [1.82, 2.24) is 14.8 Å². The summed E-state index contributed by atoms with van der Waals surface area (Å²) in [6, 6.07) is 11.2. The standard InChI is InChI=1S/C17H17N3O2/c1-2-3-9-20-16-14(11-18-20)13(17(21)22)10-15(19-16)12-7-5-4-6-8-12/h4-8,10-11H,2-3,9H2,1H3,(H,21,22). The molecule has 0 amide bonds. The fourth-order valence-corrected chi connectivity index (χ4v) is 2.45. The summed E-state index contributed by atoms with van der Waals surface area (Å²) in [5.74, 6) is -0.959. The van der Waals surface area contributed by atoms with Gasteiger partial charge in [-0.25, -0.2) is 14.5 Å². The maximum Gasteiger partial charge on any atom is 0.336 e. The number of aromatic carboxylic acids is 1. The van der Waals surface area contributed by atoms with Gasteiger partial charge in [0, 0.05) is 12.1 Å². The van der Waals surface area contributed by atoms with Crippen molar-refractivity contribution < 1.29 is 9.90 Å². The van der Waals surface area contributed by atoms with Crippen LogP contribution in [0.2, 0.25) is 0 Å². The highest BCUT2D eigenvalue weighted by atomic mass is 16.4. The van der Waals surface area contributed by atoms with Crippen LogP contribution in [-0.2, 0) is 6.54 Å². The van der Waals surface area contributed by atoms with Gasteiger partial charge in [-0.2, -0.15) is 5.10 Å². The molecule has 2 heterocycles. The Morgan fingerprint density at radius 1 is 1.27 bits per heavy atom. The SMILES string of the molecule is CCCCn1ncc2c(C(=O)O)cc(-c3ccccc3)nc21. The number of nitrogens with zero attached hydrogens (tertiary/aromatic N) is 3. The molecule has 1 N–H and O–H groups in total. The van der Waals surface area contributed by atoms with Gasteiger partial charge in [0.2, 0.25) is 0 Å². The number of benzene rings is 1. The molecule has 5 heteroatoms. The van der Waals surface area contributed by atoms with E-state index in [1.165, 1.54) is 0 Å². The molecule has 112 valence electrons. The second-order valence-corrected chi connectivity index (χ2v) is 5.18. The van der Waals surface area contributed by atoms with Gasteiger partial charge in [0.25, 0.3) is 0 Å². The van der Waals surface area contributed by atoms with Gasteiger partial charge in [0.1, 0.15) is 0 Å². The number of carbonyl (C=O) groups is 1. The summed E-state index contributed by atoms with van der Waals surface area (Å²) >= 11 is 0. The van der Waals surface area contributed by atoms with Gasteiger partial charge in [0.05, 0.1) is 22.8 Å². The molecule has 0 aliphatic carbocycles. The monoisotopic (exact) mass is 295 g/mol. The Balaban J connectivity index is 2.20. The summed E-state index contributed by atoms with van der Waals surface area (Å²) in [4.78, 5) is 16.2. The van der Waals surface area contributed by atoms with Gasteiger partial charge < -0.3 is 5.11 Å². The first-order chi connectivity index (χ1) is 10.7. The van der Waals surface area contributed by atoms with E-state index < -0.39 is 5.97 Å². The Morgan fingerprint density at radius 2 is 2.05 bits per heavy atom. The third-order valence-electron chi connectivity index (χ3n) is 3.63. The molecule has 0 aliphatic rings. The Bertz CT molecular complexity index is 809. The number of rotatable bonds is 5. The number of fused-ring (bicyclic) bond motifs is 1. The fraction of sp³-hybridized carbons (Fsp3) is 0.235. The molecule has 0 aliphatic heterocycles. The second kappa shape index (κ2) is 5.97. The molecule has 1 aromatic carbocycles. The lowest BCUT2D eigenvalue weighted by atomic mass is 10.1. The molecule has 0 saturated carbocycles. The van der Waals surface area contributed by atoms with E-state index in [1.807, 2.05) is 30.3 Å². The summed E-state index contributed by atoms with van der Waals surface area (Å²) in [6.45, 7) is 2.85. The van der Waals surface area contributed by atoms with Crippen LogP contribution in [0.4, 0.5) is 0 Å². The minimum absolute atomic E-state index is 0.242. The first-order valence-electron chi connectivity index (χ1n) is 7.36. The van der Waals surface area contributed by atoms with Gasteiger partial charge in [-0.3, -0.25) is 0 Å². The highest BCUT2D eigenvalue weighted by Crippen LogP contribution is 2.25. The molecule has 0 bridgehead atoms. The van der Waals surface area contributed by atoms with Crippen LogP contribution in [0.15, 0.2) is 42.6 Å². The lowest BCUT2D eigenvalue weighted by molar-refractivity contribution is 0.0699. The van der Waals surface area contributed by atoms with Crippen LogP contribution in [0.25, 0.3) is 22.3 Å². The number of pyridine rings is 1. The third-order valence-corrected chi connectivity index (χ3v) is 3.63. The van der Waals surface area contributed by atoms with E-state index in [4.69, 9.17) is 0 Å². The zero-order valence-electron chi connectivity index (χ0n) is 12.4. The minimum Gasteiger partial charge on any atom is -0.478 e. The summed E-state index contributed by atoms with van der Waals surface area (Å²) in [5.41, 5.74) is 2.43. The van der Waals surface area contributed by atoms with Crippen LogP contribution in [0.3, 0.4) is 0 Å². The first-order valence-corrected chi connectivity index (χ1v) is 7.36. The van der Waals surface area contributed by atoms with Gasteiger partial charge >= 0.3 is 5.97 Å². The third kappa shape index (κ3) is 2.57. The van der Waals surface area contributed by atoms with E-state index in [9.17, 15) is 9.90 Å². The molecular formula is C17H17N3O2. The molecule has 0 saturated heterocycles. The molecule has 3 rings (SSSR count). The van der Waals surface area contributed by atoms with Crippen LogP contribution in [0.5, 0.6) is 0 Å². The van der Waals surface area contributed by atoms with E-state index >= 15 is 0 Å². The topological polar surface area (TPSA) is 68.0 Å². The molecular weight excluding hydrogens is 278 g/mol. The Kier molecular flexibility index (Phi) is 3.87. The smallest absolute Gasteiger partial charge is 0.336 e. The highest BCUT2D eigenvalue weighted by Gasteiger charge is 2.16. The predicted molar refractivity (Wildman–Crippen MR) is 84.8 cm³/mol. The van der Waals surface area contributed by atoms with Crippen molar-refractivity contribution in [2.24, 2.45) is 0 Å². The summed E-state index contributed by atoms with van der Waals surface area (Å²) in [6.07, 6.45) is 3.62. The van der Waals surface area contributed by atoms with E-state index in [1.54, 1.807) is 16.9 Å². The van der Waals surface area contributed by atoms with Gasteiger partial charge in [0.15, 0.2) is 5.65 Å². The van der Waals surface area contributed by atoms with Crippen LogP contribution in [-0.4, -0.2) is 25.8 Å². The first kappa shape index (κ1) is 14.3. The zero-order chi connectivity index (χ0) is 15.5. The quantitative estimate of drug-likeness (QED) is 0.781. The molecule has 3 aromatic rings. The van der Waals surface area contributed by atoms with Crippen molar-refractivity contribution in [3.63, 3.8) is 0 Å². The average Bonchev–Trinajstić information content (AvgIpc) is 2.95. The summed E-state index contributed by atoms with van der Waals surface area (Å²) < 4.78 is 1.79. The Hall–Kier alpha value is -2.69. The van der Waals surface area contributed by atoms with Crippen molar-refractivity contribution in [3.8, 4) is 11.3 Å². The van der Waals surface area contributed by atoms with Crippen molar-refractivity contribution >= 4 is 17.0 Å². The van der Waals surface area contributed by atoms with Crippen molar-refractivity contribution in [1.29, 1.82) is 0 Å². The van der Waals surface area contributed by atoms with Crippen molar-refractivity contribution in [3.05, 3.63) is 48.2 Å². The number of aryl methyl sites for hydroxylation is 1. The van der Waals surface area contributed by atoms with Gasteiger partial charge in [-0.05, 0) is 12.5 Å². The molecule has 22 heavy (non-hydrogen) atoms. The van der Waals surface area contributed by atoms with Crippen LogP contribution >= 0.6 is 0 Å². The molecule has 0 unspecified atom stereocenters. The Morgan fingerprint density at radius 3 is 2.73 bits per heavy atom. The summed E-state index contributed by atoms with van der Waals surface area (Å²) in [7, 11) is 0. The number of carboxylic acids is 1. The molecule has 0 radical (unpaired) electrons. The second-order valence-electron chi connectivity index (χ2n) is 5.18. The lowest BCUT2D eigenvalue weighted by Crippen LogP contribution is -2.04. The normalized spacial score (nSPS) is 11.0. The number of hydrogen-bond donors (Lipinski definition) is 1. The van der Waals surface area contributed by atoms with Crippen LogP contribution in [0.1, 0.15) is 30.1 Å². The minimum atomic E-state index is -0.959. The van der Waals surface area contributed by atoms with Crippen LogP contribution < -0.4 is 0 Å². The van der Waals surface area contributed by atoms with Crippen molar-refractivity contribution in [2.45, 2.75) is 26.3 Å². The van der Waals surface area contributed by atoms with E-state index in [0.717, 1.165) is 24.9 Å². The van der Waals surface area contributed by atoms with Crippen molar-refractivity contribution in [2.75, 3.05) is 0 Å². The number of hydrogen-bond acceptors (Lipinski definition) is 3. The molecule has 0 atom stereocenters. The lowest BCUT2D eigenvalue weighted by Gasteiger charge is -2.06. The molecule has 0 spiro atoms. The number of aromatic nitrogens is 3. The van der Waals surface area contributed by atoms with Gasteiger partial charge in [-0.15, -0.1) is 0 Å². The molecule has 5 nitrogen and oxygen atoms in total. The molecule has 2 aromatic heterocycles. The Labute approximate surface area is 128 Å². The summed E-state index contributed by atoms with van der Waals surface area (Å²) in [5, 5.41) is 14.4. The van der Waals surface area contributed by atoms with E-state index in [0.29, 0.717) is 16.7 Å². The highest BCUT2D eigenvalue weighted by molar-refractivity contribution is 6.02. The largest absolute Gasteiger partial charge is 0.478 e. The fourth-order valence-electron chi connectivity index (χ4n) is 2.45. The predicted octanol–water partition coefficient (Wildman–Crippen LogP) is 3.60. The van der Waals surface area contributed by atoms with E-state index in [-0.39, 0.29) is 5.56 Å². The molecule has 0 fully saturated rings. The zero-order valence-corrected chi connectivity index (χ0v) is 12.4.